The highest BCUT2D eigenvalue weighted by Crippen LogP contribution is 2.33. The van der Waals surface area contributed by atoms with E-state index >= 15 is 0 Å². The smallest absolute Gasteiger partial charge is 0.234 e. The highest BCUT2D eigenvalue weighted by atomic mass is 79.9. The molecule has 1 aromatic heterocycles. The molecule has 0 aliphatic carbocycles. The van der Waals surface area contributed by atoms with Crippen LogP contribution < -0.4 is 5.32 Å². The van der Waals surface area contributed by atoms with E-state index < -0.39 is 0 Å². The molecule has 1 atom stereocenters. The Kier molecular flexibility index (Phi) is 4.40. The summed E-state index contributed by atoms with van der Waals surface area (Å²) in [5.41, 5.74) is 1.20. The number of rotatable bonds is 4. The maximum Gasteiger partial charge on any atom is 0.234 e. The van der Waals surface area contributed by atoms with Crippen LogP contribution in [0.25, 0.3) is 0 Å². The van der Waals surface area contributed by atoms with Crippen LogP contribution in [0.1, 0.15) is 43.5 Å². The fourth-order valence-electron chi connectivity index (χ4n) is 2.97. The fraction of sp³-hybridized carbons (Fsp3) is 0.500. The summed E-state index contributed by atoms with van der Waals surface area (Å²) < 4.78 is 6.66. The Morgan fingerprint density at radius 2 is 2.33 bits per heavy atom. The predicted octanol–water partition coefficient (Wildman–Crippen LogP) is 3.45. The van der Waals surface area contributed by atoms with E-state index in [0.717, 1.165) is 48.5 Å². The monoisotopic (exact) mass is 349 g/mol. The molecule has 1 N–H and O–H groups in total. The molecule has 1 saturated heterocycles. The molecule has 0 amide bonds. The number of hydrogen-bond donors (Lipinski definition) is 1. The largest absolute Gasteiger partial charge is 0.339 e. The van der Waals surface area contributed by atoms with Crippen molar-refractivity contribution < 1.29 is 4.52 Å². The van der Waals surface area contributed by atoms with Crippen LogP contribution >= 0.6 is 15.9 Å². The lowest BCUT2D eigenvalue weighted by atomic mass is 9.78. The van der Waals surface area contributed by atoms with Gasteiger partial charge in [0.25, 0.3) is 0 Å². The van der Waals surface area contributed by atoms with Crippen LogP contribution in [0.4, 0.5) is 0 Å². The van der Waals surface area contributed by atoms with Crippen molar-refractivity contribution in [2.75, 3.05) is 13.1 Å². The van der Waals surface area contributed by atoms with Gasteiger partial charge in [-0.25, -0.2) is 0 Å². The number of piperidine rings is 1. The zero-order valence-electron chi connectivity index (χ0n) is 12.2. The zero-order chi connectivity index (χ0) is 14.7. The molecule has 2 aromatic rings. The fourth-order valence-corrected chi connectivity index (χ4v) is 3.42. The zero-order valence-corrected chi connectivity index (χ0v) is 13.8. The first-order chi connectivity index (χ1) is 10.2. The van der Waals surface area contributed by atoms with Crippen LogP contribution in [0.5, 0.6) is 0 Å². The van der Waals surface area contributed by atoms with Crippen LogP contribution in [0, 0.1) is 0 Å². The van der Waals surface area contributed by atoms with Gasteiger partial charge < -0.3 is 9.84 Å². The molecule has 21 heavy (non-hydrogen) atoms. The lowest BCUT2D eigenvalue weighted by molar-refractivity contribution is 0.220. The van der Waals surface area contributed by atoms with Crippen LogP contribution in [0.3, 0.4) is 0 Å². The third kappa shape index (κ3) is 3.19. The first-order valence-corrected chi connectivity index (χ1v) is 8.29. The number of benzene rings is 1. The van der Waals surface area contributed by atoms with Gasteiger partial charge >= 0.3 is 0 Å². The second kappa shape index (κ2) is 6.28. The summed E-state index contributed by atoms with van der Waals surface area (Å²) in [5, 5.41) is 7.64. The SMILES string of the molecule is CCC1(c2nc(Cc3cccc(Br)c3)no2)CCCNC1. The Hall–Kier alpha value is -1.20. The minimum atomic E-state index is 0.0147. The molecule has 0 saturated carbocycles. The minimum absolute atomic E-state index is 0.0147. The molecule has 3 rings (SSSR count). The topological polar surface area (TPSA) is 51.0 Å². The Morgan fingerprint density at radius 1 is 1.43 bits per heavy atom. The Bertz CT molecular complexity index is 605. The number of hydrogen-bond acceptors (Lipinski definition) is 4. The minimum Gasteiger partial charge on any atom is -0.339 e. The summed E-state index contributed by atoms with van der Waals surface area (Å²) in [4.78, 5) is 4.67. The molecule has 0 radical (unpaired) electrons. The van der Waals surface area contributed by atoms with Crippen LogP contribution in [-0.4, -0.2) is 23.2 Å². The van der Waals surface area contributed by atoms with E-state index in [9.17, 15) is 0 Å². The summed E-state index contributed by atoms with van der Waals surface area (Å²) in [7, 11) is 0. The molecular weight excluding hydrogens is 330 g/mol. The van der Waals surface area contributed by atoms with Crippen LogP contribution in [-0.2, 0) is 11.8 Å². The summed E-state index contributed by atoms with van der Waals surface area (Å²) in [6.45, 7) is 4.22. The summed E-state index contributed by atoms with van der Waals surface area (Å²) in [5.74, 6) is 1.56. The van der Waals surface area contributed by atoms with Crippen molar-refractivity contribution in [1.82, 2.24) is 15.5 Å². The number of aromatic nitrogens is 2. The van der Waals surface area contributed by atoms with Crippen molar-refractivity contribution in [1.29, 1.82) is 0 Å². The molecule has 1 aliphatic rings. The predicted molar refractivity (Wildman–Crippen MR) is 85.3 cm³/mol. The lowest BCUT2D eigenvalue weighted by Crippen LogP contribution is -2.43. The van der Waals surface area contributed by atoms with Crippen molar-refractivity contribution in [2.45, 2.75) is 38.0 Å². The molecule has 112 valence electrons. The van der Waals surface area contributed by atoms with E-state index in [2.05, 4.69) is 50.4 Å². The molecular formula is C16H20BrN3O. The summed E-state index contributed by atoms with van der Waals surface area (Å²) >= 11 is 3.49. The third-order valence-corrected chi connectivity index (χ3v) is 4.82. The maximum atomic E-state index is 5.59. The van der Waals surface area contributed by atoms with Crippen molar-refractivity contribution in [3.05, 3.63) is 46.0 Å². The van der Waals surface area contributed by atoms with Gasteiger partial charge in [-0.2, -0.15) is 4.98 Å². The average Bonchev–Trinajstić information content (AvgIpc) is 2.97. The summed E-state index contributed by atoms with van der Waals surface area (Å²) in [6.07, 6.45) is 4.01. The van der Waals surface area contributed by atoms with Gasteiger partial charge in [-0.15, -0.1) is 0 Å². The van der Waals surface area contributed by atoms with E-state index in [-0.39, 0.29) is 5.41 Å². The van der Waals surface area contributed by atoms with E-state index in [1.807, 2.05) is 12.1 Å². The van der Waals surface area contributed by atoms with E-state index in [1.54, 1.807) is 0 Å². The first-order valence-electron chi connectivity index (χ1n) is 7.50. The normalized spacial score (nSPS) is 22.4. The van der Waals surface area contributed by atoms with E-state index in [0.29, 0.717) is 6.42 Å². The van der Waals surface area contributed by atoms with Gasteiger partial charge in [0.2, 0.25) is 5.89 Å². The van der Waals surface area contributed by atoms with Crippen molar-refractivity contribution in [2.24, 2.45) is 0 Å². The first kappa shape index (κ1) is 14.7. The van der Waals surface area contributed by atoms with Crippen molar-refractivity contribution >= 4 is 15.9 Å². The maximum absolute atomic E-state index is 5.59. The third-order valence-electron chi connectivity index (χ3n) is 4.32. The molecule has 1 unspecified atom stereocenters. The quantitative estimate of drug-likeness (QED) is 0.918. The molecule has 5 heteroatoms. The van der Waals surface area contributed by atoms with Gasteiger partial charge in [0, 0.05) is 17.4 Å². The van der Waals surface area contributed by atoms with E-state index in [4.69, 9.17) is 4.52 Å². The molecule has 1 aliphatic heterocycles. The standard InChI is InChI=1S/C16H20BrN3O/c1-2-16(7-4-8-18-11-16)15-19-14(20-21-15)10-12-5-3-6-13(17)9-12/h3,5-6,9,18H,2,4,7-8,10-11H2,1H3. The van der Waals surface area contributed by atoms with Crippen molar-refractivity contribution in [3.8, 4) is 0 Å². The highest BCUT2D eigenvalue weighted by Gasteiger charge is 2.37. The molecule has 1 aromatic carbocycles. The molecule has 1 fully saturated rings. The van der Waals surface area contributed by atoms with Crippen molar-refractivity contribution in [3.63, 3.8) is 0 Å². The average molecular weight is 350 g/mol. The second-order valence-electron chi connectivity index (χ2n) is 5.74. The number of halogens is 1. The van der Waals surface area contributed by atoms with E-state index in [1.165, 1.54) is 5.56 Å². The van der Waals surface area contributed by atoms with Gasteiger partial charge in [0.05, 0.1) is 5.41 Å². The number of nitrogens with one attached hydrogen (secondary N) is 1. The molecule has 0 spiro atoms. The Morgan fingerprint density at radius 3 is 3.05 bits per heavy atom. The molecule has 2 heterocycles. The second-order valence-corrected chi connectivity index (χ2v) is 6.65. The van der Waals surface area contributed by atoms with Gasteiger partial charge in [0.1, 0.15) is 0 Å². The van der Waals surface area contributed by atoms with Crippen LogP contribution in [0.15, 0.2) is 33.3 Å². The molecule has 0 bridgehead atoms. The van der Waals surface area contributed by atoms with Gasteiger partial charge in [-0.05, 0) is 43.5 Å². The molecule has 4 nitrogen and oxygen atoms in total. The Labute approximate surface area is 133 Å². The summed E-state index contributed by atoms with van der Waals surface area (Å²) in [6, 6.07) is 8.22. The highest BCUT2D eigenvalue weighted by molar-refractivity contribution is 9.10. The number of nitrogens with zero attached hydrogens (tertiary/aromatic N) is 2. The van der Waals surface area contributed by atoms with Gasteiger partial charge in [-0.1, -0.05) is 40.1 Å². The lowest BCUT2D eigenvalue weighted by Gasteiger charge is -2.33. The Balaban J connectivity index is 1.79. The van der Waals surface area contributed by atoms with Gasteiger partial charge in [-0.3, -0.25) is 0 Å². The van der Waals surface area contributed by atoms with Crippen LogP contribution in [0.2, 0.25) is 0 Å². The van der Waals surface area contributed by atoms with Gasteiger partial charge in [0.15, 0.2) is 5.82 Å².